The largest absolute Gasteiger partial charge is 0.441 e. The van der Waals surface area contributed by atoms with Gasteiger partial charge in [0.1, 0.15) is 0 Å². The molecule has 2 N–H and O–H groups in total. The third-order valence-electron chi connectivity index (χ3n) is 2.25. The lowest BCUT2D eigenvalue weighted by Gasteiger charge is -2.09. The maximum absolute atomic E-state index is 11.8. The number of carbonyl (C=O) groups is 1. The van der Waals surface area contributed by atoms with E-state index in [4.69, 9.17) is 0 Å². The van der Waals surface area contributed by atoms with E-state index in [1.165, 1.54) is 0 Å². The minimum absolute atomic E-state index is 0.00719. The van der Waals surface area contributed by atoms with Crippen LogP contribution >= 0.6 is 11.8 Å². The van der Waals surface area contributed by atoms with Gasteiger partial charge in [0, 0.05) is 18.0 Å². The van der Waals surface area contributed by atoms with Gasteiger partial charge in [0.2, 0.25) is 5.91 Å². The van der Waals surface area contributed by atoms with E-state index in [1.54, 1.807) is 12.1 Å². The average Bonchev–Trinajstić information content (AvgIpc) is 2.30. The first kappa shape index (κ1) is 15.8. The highest BCUT2D eigenvalue weighted by Crippen LogP contribution is 2.29. The summed E-state index contributed by atoms with van der Waals surface area (Å²) in [6, 6.07) is 7.30. The highest BCUT2D eigenvalue weighted by molar-refractivity contribution is 8.00. The number of para-hydroxylation sites is 1. The van der Waals surface area contributed by atoms with E-state index in [9.17, 15) is 18.0 Å². The summed E-state index contributed by atoms with van der Waals surface area (Å²) in [5, 5.41) is 5.35. The van der Waals surface area contributed by atoms with Crippen molar-refractivity contribution in [3.05, 3.63) is 29.8 Å². The third kappa shape index (κ3) is 7.07. The molecule has 0 aliphatic heterocycles. The quantitative estimate of drug-likeness (QED) is 0.792. The number of aryl methyl sites for hydroxylation is 1. The van der Waals surface area contributed by atoms with Crippen LogP contribution < -0.4 is 10.6 Å². The van der Waals surface area contributed by atoms with Gasteiger partial charge in [0.15, 0.2) is 0 Å². The van der Waals surface area contributed by atoms with Crippen molar-refractivity contribution in [3.8, 4) is 0 Å². The predicted octanol–water partition coefficient (Wildman–Crippen LogP) is 2.78. The van der Waals surface area contributed by atoms with E-state index in [1.807, 2.05) is 19.1 Å². The van der Waals surface area contributed by atoms with Gasteiger partial charge in [-0.3, -0.25) is 4.79 Å². The van der Waals surface area contributed by atoms with Crippen LogP contribution in [0, 0.1) is 6.92 Å². The molecule has 19 heavy (non-hydrogen) atoms. The van der Waals surface area contributed by atoms with Crippen LogP contribution in [0.25, 0.3) is 0 Å². The van der Waals surface area contributed by atoms with Gasteiger partial charge in [0.05, 0.1) is 6.54 Å². The normalized spacial score (nSPS) is 11.4. The molecule has 0 saturated carbocycles. The Bertz CT molecular complexity index is 424. The lowest BCUT2D eigenvalue weighted by molar-refractivity contribution is -0.115. The maximum atomic E-state index is 11.8. The lowest BCUT2D eigenvalue weighted by atomic mass is 10.2. The molecule has 1 rings (SSSR count). The zero-order chi connectivity index (χ0) is 14.3. The highest BCUT2D eigenvalue weighted by atomic mass is 32.2. The second kappa shape index (κ2) is 7.40. The molecule has 0 bridgehead atoms. The van der Waals surface area contributed by atoms with Gasteiger partial charge in [0.25, 0.3) is 0 Å². The molecule has 0 heterocycles. The van der Waals surface area contributed by atoms with E-state index >= 15 is 0 Å². The Morgan fingerprint density at radius 1 is 1.32 bits per heavy atom. The van der Waals surface area contributed by atoms with E-state index in [2.05, 4.69) is 10.6 Å². The summed E-state index contributed by atoms with van der Waals surface area (Å²) in [6.07, 6.45) is 0. The van der Waals surface area contributed by atoms with Gasteiger partial charge in [-0.25, -0.2) is 0 Å². The molecule has 0 aromatic heterocycles. The Kier molecular flexibility index (Phi) is 6.17. The number of carbonyl (C=O) groups excluding carboxylic acids is 1. The predicted molar refractivity (Wildman–Crippen MR) is 71.2 cm³/mol. The molecule has 0 unspecified atom stereocenters. The molecule has 7 heteroatoms. The first-order valence-electron chi connectivity index (χ1n) is 5.65. The highest BCUT2D eigenvalue weighted by Gasteiger charge is 2.27. The maximum Gasteiger partial charge on any atom is 0.441 e. The number of halogens is 3. The molecule has 1 aromatic carbocycles. The third-order valence-corrected chi connectivity index (χ3v) is 2.98. The molecule has 1 amide bonds. The molecular formula is C12H15F3N2OS. The number of anilines is 1. The molecular weight excluding hydrogens is 277 g/mol. The topological polar surface area (TPSA) is 41.1 Å². The zero-order valence-corrected chi connectivity index (χ0v) is 11.2. The van der Waals surface area contributed by atoms with Crippen LogP contribution in [0.5, 0.6) is 0 Å². The van der Waals surface area contributed by atoms with Gasteiger partial charge in [-0.1, -0.05) is 18.2 Å². The lowest BCUT2D eigenvalue weighted by Crippen LogP contribution is -2.30. The fourth-order valence-corrected chi connectivity index (χ4v) is 1.83. The number of amides is 1. The summed E-state index contributed by atoms with van der Waals surface area (Å²) in [5.41, 5.74) is -2.58. The zero-order valence-electron chi connectivity index (χ0n) is 10.4. The number of nitrogens with one attached hydrogen (secondary N) is 2. The first-order valence-corrected chi connectivity index (χ1v) is 6.64. The monoisotopic (exact) mass is 292 g/mol. The molecule has 0 aliphatic carbocycles. The van der Waals surface area contributed by atoms with Crippen LogP contribution in [-0.2, 0) is 4.79 Å². The van der Waals surface area contributed by atoms with E-state index < -0.39 is 5.51 Å². The fourth-order valence-electron chi connectivity index (χ4n) is 1.35. The minimum Gasteiger partial charge on any atom is -0.325 e. The summed E-state index contributed by atoms with van der Waals surface area (Å²) in [5.74, 6) is -0.382. The van der Waals surface area contributed by atoms with Gasteiger partial charge in [-0.05, 0) is 30.3 Å². The van der Waals surface area contributed by atoms with E-state index in [0.29, 0.717) is 5.69 Å². The molecule has 0 atom stereocenters. The number of thioether (sulfide) groups is 1. The van der Waals surface area contributed by atoms with Crippen molar-refractivity contribution in [1.82, 2.24) is 5.32 Å². The second-order valence-electron chi connectivity index (χ2n) is 3.83. The van der Waals surface area contributed by atoms with Crippen molar-refractivity contribution in [1.29, 1.82) is 0 Å². The molecule has 0 saturated heterocycles. The van der Waals surface area contributed by atoms with Gasteiger partial charge in [-0.15, -0.1) is 0 Å². The van der Waals surface area contributed by atoms with Crippen LogP contribution in [0.15, 0.2) is 24.3 Å². The number of alkyl halides is 3. The molecule has 1 aromatic rings. The van der Waals surface area contributed by atoms with Gasteiger partial charge < -0.3 is 10.6 Å². The van der Waals surface area contributed by atoms with Crippen LogP contribution in [0.2, 0.25) is 0 Å². The Morgan fingerprint density at radius 3 is 2.63 bits per heavy atom. The Labute approximate surface area is 114 Å². The smallest absolute Gasteiger partial charge is 0.325 e. The van der Waals surface area contributed by atoms with Crippen LogP contribution in [-0.4, -0.2) is 30.3 Å². The second-order valence-corrected chi connectivity index (χ2v) is 4.99. The number of hydrogen-bond acceptors (Lipinski definition) is 3. The Morgan fingerprint density at radius 2 is 2.00 bits per heavy atom. The van der Waals surface area contributed by atoms with Crippen LogP contribution in [0.4, 0.5) is 18.9 Å². The van der Waals surface area contributed by atoms with Crippen molar-refractivity contribution in [3.63, 3.8) is 0 Å². The minimum atomic E-state index is -4.22. The number of rotatable bonds is 6. The molecule has 0 aliphatic rings. The molecule has 0 radical (unpaired) electrons. The summed E-state index contributed by atoms with van der Waals surface area (Å²) in [6.45, 7) is 1.99. The Hall–Kier alpha value is -1.21. The number of benzene rings is 1. The molecule has 106 valence electrons. The standard InChI is InChI=1S/C12H15F3N2OS/c1-9-4-2-3-5-10(9)17-11(18)8-16-6-7-19-12(13,14)15/h2-5,16H,6-8H2,1H3,(H,17,18). The van der Waals surface area contributed by atoms with Crippen molar-refractivity contribution < 1.29 is 18.0 Å². The summed E-state index contributed by atoms with van der Waals surface area (Å²) in [4.78, 5) is 11.5. The fraction of sp³-hybridized carbons (Fsp3) is 0.417. The molecule has 0 spiro atoms. The van der Waals surface area contributed by atoms with Gasteiger partial charge in [-0.2, -0.15) is 13.2 Å². The van der Waals surface area contributed by atoms with Crippen LogP contribution in [0.1, 0.15) is 5.56 Å². The Balaban J connectivity index is 2.20. The first-order chi connectivity index (χ1) is 8.88. The SMILES string of the molecule is Cc1ccccc1NC(=O)CNCCSC(F)(F)F. The van der Waals surface area contributed by atoms with Crippen molar-refractivity contribution in [2.24, 2.45) is 0 Å². The summed E-state index contributed by atoms with van der Waals surface area (Å²) >= 11 is -0.103. The van der Waals surface area contributed by atoms with Gasteiger partial charge >= 0.3 is 5.51 Å². The van der Waals surface area contributed by atoms with E-state index in [-0.39, 0.29) is 36.5 Å². The summed E-state index contributed by atoms with van der Waals surface area (Å²) < 4.78 is 35.5. The molecule has 3 nitrogen and oxygen atoms in total. The van der Waals surface area contributed by atoms with Crippen molar-refractivity contribution >= 4 is 23.4 Å². The van der Waals surface area contributed by atoms with E-state index in [0.717, 1.165) is 5.56 Å². The summed E-state index contributed by atoms with van der Waals surface area (Å²) in [7, 11) is 0. The van der Waals surface area contributed by atoms with Crippen molar-refractivity contribution in [2.75, 3.05) is 24.2 Å². The average molecular weight is 292 g/mol. The number of hydrogen-bond donors (Lipinski definition) is 2. The molecule has 0 fully saturated rings. The van der Waals surface area contributed by atoms with Crippen LogP contribution in [0.3, 0.4) is 0 Å². The van der Waals surface area contributed by atoms with Crippen molar-refractivity contribution in [2.45, 2.75) is 12.4 Å².